The molecule has 0 amide bonds. The number of hydrogen-bond donors (Lipinski definition) is 2. The molecule has 1 aliphatic rings. The number of rotatable bonds is 8. The molecule has 1 saturated carbocycles. The zero-order valence-corrected chi connectivity index (χ0v) is 13.9. The fourth-order valence-corrected chi connectivity index (χ4v) is 3.20. The lowest BCUT2D eigenvalue weighted by atomic mass is 9.99. The Morgan fingerprint density at radius 3 is 2.73 bits per heavy atom. The maximum absolute atomic E-state index is 11.8. The van der Waals surface area contributed by atoms with Crippen LogP contribution in [0.1, 0.15) is 51.2 Å². The molecular formula is C13H24N4O4S. The number of sulfonamides is 1. The Hall–Kier alpha value is -1.03. The minimum absolute atomic E-state index is 0.000791. The van der Waals surface area contributed by atoms with Crippen LogP contribution >= 0.6 is 0 Å². The van der Waals surface area contributed by atoms with E-state index in [-0.39, 0.29) is 30.9 Å². The topological polar surface area (TPSA) is 120 Å². The van der Waals surface area contributed by atoms with Crippen LogP contribution in [0.4, 0.5) is 0 Å². The molecule has 0 saturated heterocycles. The van der Waals surface area contributed by atoms with Crippen molar-refractivity contribution in [2.45, 2.75) is 57.7 Å². The molecule has 0 radical (unpaired) electrons. The monoisotopic (exact) mass is 332 g/mol. The maximum atomic E-state index is 11.8. The third-order valence-corrected chi connectivity index (χ3v) is 4.94. The van der Waals surface area contributed by atoms with Crippen molar-refractivity contribution in [1.29, 1.82) is 0 Å². The molecule has 0 bridgehead atoms. The Bertz CT molecular complexity index is 579. The molecule has 1 fully saturated rings. The highest BCUT2D eigenvalue weighted by Gasteiger charge is 2.35. The summed E-state index contributed by atoms with van der Waals surface area (Å²) in [6, 6.07) is 0. The van der Waals surface area contributed by atoms with Gasteiger partial charge in [-0.05, 0) is 26.7 Å². The normalized spacial score (nSPS) is 18.2. The SMILES string of the molecule is CC(C)OCCS(=O)(=O)NCc1nc(C2(N)CCCC2)no1. The van der Waals surface area contributed by atoms with E-state index in [0.29, 0.717) is 5.82 Å². The molecule has 1 aliphatic carbocycles. The molecule has 126 valence electrons. The van der Waals surface area contributed by atoms with E-state index in [1.807, 2.05) is 13.8 Å². The molecule has 9 heteroatoms. The van der Waals surface area contributed by atoms with Gasteiger partial charge in [-0.3, -0.25) is 0 Å². The maximum Gasteiger partial charge on any atom is 0.241 e. The Morgan fingerprint density at radius 2 is 2.09 bits per heavy atom. The summed E-state index contributed by atoms with van der Waals surface area (Å²) in [4.78, 5) is 4.21. The molecule has 0 aliphatic heterocycles. The van der Waals surface area contributed by atoms with Crippen LogP contribution in [0, 0.1) is 0 Å². The van der Waals surface area contributed by atoms with E-state index in [1.165, 1.54) is 0 Å². The van der Waals surface area contributed by atoms with Gasteiger partial charge in [-0.2, -0.15) is 4.98 Å². The molecule has 3 N–H and O–H groups in total. The number of nitrogens with two attached hydrogens (primary N) is 1. The first-order chi connectivity index (χ1) is 10.3. The Kier molecular flexibility index (Phi) is 5.54. The molecule has 1 aromatic rings. The van der Waals surface area contributed by atoms with Crippen LogP contribution in [0.15, 0.2) is 4.52 Å². The van der Waals surface area contributed by atoms with Gasteiger partial charge in [-0.15, -0.1) is 0 Å². The first-order valence-corrected chi connectivity index (χ1v) is 9.17. The molecule has 2 rings (SSSR count). The van der Waals surface area contributed by atoms with E-state index in [2.05, 4.69) is 14.9 Å². The van der Waals surface area contributed by atoms with Crippen LogP contribution in [-0.4, -0.2) is 37.0 Å². The van der Waals surface area contributed by atoms with Gasteiger partial charge in [-0.25, -0.2) is 13.1 Å². The second-order valence-electron chi connectivity index (χ2n) is 5.93. The molecule has 0 unspecified atom stereocenters. The van der Waals surface area contributed by atoms with Gasteiger partial charge in [-0.1, -0.05) is 18.0 Å². The van der Waals surface area contributed by atoms with Crippen molar-refractivity contribution < 1.29 is 17.7 Å². The molecule has 8 nitrogen and oxygen atoms in total. The zero-order valence-electron chi connectivity index (χ0n) is 13.0. The molecule has 0 aromatic carbocycles. The van der Waals surface area contributed by atoms with Crippen molar-refractivity contribution >= 4 is 10.0 Å². The third kappa shape index (κ3) is 4.73. The molecule has 22 heavy (non-hydrogen) atoms. The Labute approximate surface area is 130 Å². The summed E-state index contributed by atoms with van der Waals surface area (Å²) in [6.07, 6.45) is 3.74. The number of hydrogen-bond acceptors (Lipinski definition) is 7. The van der Waals surface area contributed by atoms with Gasteiger partial charge in [0.1, 0.15) is 0 Å². The van der Waals surface area contributed by atoms with E-state index in [1.54, 1.807) is 0 Å². The van der Waals surface area contributed by atoms with Gasteiger partial charge in [0.25, 0.3) is 0 Å². The lowest BCUT2D eigenvalue weighted by Crippen LogP contribution is -2.34. The number of nitrogens with zero attached hydrogens (tertiary/aromatic N) is 2. The fraction of sp³-hybridized carbons (Fsp3) is 0.846. The van der Waals surface area contributed by atoms with Crippen LogP contribution in [-0.2, 0) is 26.8 Å². The summed E-state index contributed by atoms with van der Waals surface area (Å²) in [5, 5.41) is 3.89. The Balaban J connectivity index is 1.85. The molecule has 1 heterocycles. The van der Waals surface area contributed by atoms with E-state index in [9.17, 15) is 8.42 Å². The van der Waals surface area contributed by atoms with Gasteiger partial charge in [0.2, 0.25) is 15.9 Å². The summed E-state index contributed by atoms with van der Waals surface area (Å²) < 4.78 is 36.3. The van der Waals surface area contributed by atoms with E-state index in [4.69, 9.17) is 15.0 Å². The van der Waals surface area contributed by atoms with Gasteiger partial charge < -0.3 is 15.0 Å². The molecular weight excluding hydrogens is 308 g/mol. The minimum Gasteiger partial charge on any atom is -0.378 e. The lowest BCUT2D eigenvalue weighted by molar-refractivity contribution is 0.0911. The van der Waals surface area contributed by atoms with E-state index >= 15 is 0 Å². The average Bonchev–Trinajstić information content (AvgIpc) is 3.05. The smallest absolute Gasteiger partial charge is 0.241 e. The largest absolute Gasteiger partial charge is 0.378 e. The van der Waals surface area contributed by atoms with E-state index < -0.39 is 15.6 Å². The van der Waals surface area contributed by atoms with Crippen molar-refractivity contribution in [2.75, 3.05) is 12.4 Å². The van der Waals surface area contributed by atoms with Crippen LogP contribution in [0.2, 0.25) is 0 Å². The van der Waals surface area contributed by atoms with Crippen molar-refractivity contribution in [2.24, 2.45) is 5.73 Å². The van der Waals surface area contributed by atoms with Crippen LogP contribution in [0.5, 0.6) is 0 Å². The quantitative estimate of drug-likeness (QED) is 0.716. The predicted molar refractivity (Wildman–Crippen MR) is 80.3 cm³/mol. The number of ether oxygens (including phenoxy) is 1. The second-order valence-corrected chi connectivity index (χ2v) is 7.86. The first kappa shape index (κ1) is 17.3. The van der Waals surface area contributed by atoms with Gasteiger partial charge in [0, 0.05) is 0 Å². The number of nitrogens with one attached hydrogen (secondary N) is 1. The molecule has 0 spiro atoms. The summed E-state index contributed by atoms with van der Waals surface area (Å²) in [5.74, 6) is 0.579. The lowest BCUT2D eigenvalue weighted by Gasteiger charge is -2.17. The highest BCUT2D eigenvalue weighted by Crippen LogP contribution is 2.34. The second kappa shape index (κ2) is 7.03. The third-order valence-electron chi connectivity index (χ3n) is 3.66. The number of aromatic nitrogens is 2. The summed E-state index contributed by atoms with van der Waals surface area (Å²) in [6.45, 7) is 3.82. The van der Waals surface area contributed by atoms with Crippen molar-refractivity contribution in [3.05, 3.63) is 11.7 Å². The van der Waals surface area contributed by atoms with Crippen LogP contribution < -0.4 is 10.5 Å². The zero-order chi connectivity index (χ0) is 16.2. The predicted octanol–water partition coefficient (Wildman–Crippen LogP) is 0.642. The van der Waals surface area contributed by atoms with Gasteiger partial charge in [0.05, 0.1) is 30.5 Å². The van der Waals surface area contributed by atoms with Crippen LogP contribution in [0.25, 0.3) is 0 Å². The highest BCUT2D eigenvalue weighted by atomic mass is 32.2. The molecule has 1 aromatic heterocycles. The van der Waals surface area contributed by atoms with Crippen molar-refractivity contribution in [1.82, 2.24) is 14.9 Å². The molecule has 0 atom stereocenters. The van der Waals surface area contributed by atoms with Crippen molar-refractivity contribution in [3.63, 3.8) is 0 Å². The minimum atomic E-state index is -3.43. The van der Waals surface area contributed by atoms with Crippen LogP contribution in [0.3, 0.4) is 0 Å². The summed E-state index contributed by atoms with van der Waals surface area (Å²) >= 11 is 0. The standard InChI is InChI=1S/C13H24N4O4S/c1-10(2)20-7-8-22(18,19)15-9-11-16-12(17-21-11)13(14)5-3-4-6-13/h10,15H,3-9,14H2,1-2H3. The summed E-state index contributed by atoms with van der Waals surface area (Å²) in [5.41, 5.74) is 5.69. The van der Waals surface area contributed by atoms with E-state index in [0.717, 1.165) is 25.7 Å². The first-order valence-electron chi connectivity index (χ1n) is 7.52. The average molecular weight is 332 g/mol. The van der Waals surface area contributed by atoms with Gasteiger partial charge >= 0.3 is 0 Å². The van der Waals surface area contributed by atoms with Crippen molar-refractivity contribution in [3.8, 4) is 0 Å². The van der Waals surface area contributed by atoms with Gasteiger partial charge in [0.15, 0.2) is 5.82 Å². The summed E-state index contributed by atoms with van der Waals surface area (Å²) in [7, 11) is -3.43. The fourth-order valence-electron chi connectivity index (χ4n) is 2.40. The Morgan fingerprint density at radius 1 is 1.41 bits per heavy atom. The highest BCUT2D eigenvalue weighted by molar-refractivity contribution is 7.89.